The molecule has 2 heterocycles. The van der Waals surface area contributed by atoms with Crippen LogP contribution in [-0.2, 0) is 7.05 Å². The maximum atomic E-state index is 13.4. The molecule has 1 atom stereocenters. The zero-order valence-corrected chi connectivity index (χ0v) is 15.5. The van der Waals surface area contributed by atoms with Crippen LogP contribution in [0.3, 0.4) is 0 Å². The highest BCUT2D eigenvalue weighted by atomic mass is 16.5. The summed E-state index contributed by atoms with van der Waals surface area (Å²) in [4.78, 5) is 15.2. The minimum absolute atomic E-state index is 0.0842. The fourth-order valence-corrected chi connectivity index (χ4v) is 3.45. The van der Waals surface area contributed by atoms with Gasteiger partial charge in [0.25, 0.3) is 5.91 Å². The van der Waals surface area contributed by atoms with Gasteiger partial charge in [0.1, 0.15) is 17.7 Å². The Morgan fingerprint density at radius 3 is 2.52 bits per heavy atom. The zero-order valence-electron chi connectivity index (χ0n) is 15.5. The number of hydrogen-bond acceptors (Lipinski definition) is 4. The molecule has 1 amide bonds. The van der Waals surface area contributed by atoms with Gasteiger partial charge in [0, 0.05) is 25.0 Å². The largest absolute Gasteiger partial charge is 0.497 e. The van der Waals surface area contributed by atoms with Gasteiger partial charge in [-0.1, -0.05) is 12.1 Å². The highest BCUT2D eigenvalue weighted by Gasteiger charge is 2.36. The van der Waals surface area contributed by atoms with Crippen LogP contribution >= 0.6 is 0 Å². The molecule has 0 aliphatic carbocycles. The number of rotatable bonds is 4. The van der Waals surface area contributed by atoms with Crippen molar-refractivity contribution >= 4 is 17.3 Å². The average Bonchev–Trinajstić information content (AvgIpc) is 3.13. The van der Waals surface area contributed by atoms with Gasteiger partial charge < -0.3 is 19.4 Å². The van der Waals surface area contributed by atoms with E-state index >= 15 is 0 Å². The molecule has 6 heteroatoms. The Morgan fingerprint density at radius 2 is 1.81 bits per heavy atom. The van der Waals surface area contributed by atoms with Crippen LogP contribution in [0.1, 0.15) is 22.2 Å². The number of carbonyl (C=O) groups is 1. The lowest BCUT2D eigenvalue weighted by molar-refractivity contribution is 0.0973. The minimum atomic E-state index is -0.366. The van der Waals surface area contributed by atoms with Crippen molar-refractivity contribution in [3.63, 3.8) is 0 Å². The summed E-state index contributed by atoms with van der Waals surface area (Å²) in [6.07, 6.45) is 1.60. The number of para-hydroxylation sites is 1. The average molecular weight is 363 g/mol. The first-order valence-electron chi connectivity index (χ1n) is 8.66. The molecule has 27 heavy (non-hydrogen) atoms. The summed E-state index contributed by atoms with van der Waals surface area (Å²) in [5.41, 5.74) is 3.09. The fraction of sp³-hybridized carbons (Fsp3) is 0.190. The van der Waals surface area contributed by atoms with E-state index in [-0.39, 0.29) is 12.1 Å². The molecular formula is C21H21N3O3. The summed E-state index contributed by atoms with van der Waals surface area (Å²) in [6.45, 7) is 0. The normalized spacial score (nSPS) is 15.9. The first-order chi connectivity index (χ1) is 13.1. The molecule has 1 N–H and O–H groups in total. The zero-order chi connectivity index (χ0) is 19.0. The lowest BCUT2D eigenvalue weighted by atomic mass is 10.0. The van der Waals surface area contributed by atoms with Crippen molar-refractivity contribution in [2.45, 2.75) is 6.17 Å². The van der Waals surface area contributed by atoms with Gasteiger partial charge >= 0.3 is 0 Å². The number of aromatic nitrogens is 1. The van der Waals surface area contributed by atoms with E-state index in [1.165, 1.54) is 0 Å². The van der Waals surface area contributed by atoms with Crippen LogP contribution in [0.2, 0.25) is 0 Å². The van der Waals surface area contributed by atoms with Crippen LogP contribution in [0.25, 0.3) is 0 Å². The molecule has 138 valence electrons. The van der Waals surface area contributed by atoms with E-state index < -0.39 is 0 Å². The van der Waals surface area contributed by atoms with E-state index in [1.54, 1.807) is 25.2 Å². The van der Waals surface area contributed by atoms with Gasteiger partial charge in [-0.2, -0.15) is 0 Å². The number of hydrogen-bond donors (Lipinski definition) is 1. The quantitative estimate of drug-likeness (QED) is 0.766. The monoisotopic (exact) mass is 363 g/mol. The van der Waals surface area contributed by atoms with Crippen LogP contribution in [0, 0.1) is 0 Å². The summed E-state index contributed by atoms with van der Waals surface area (Å²) in [7, 11) is 5.15. The standard InChI is InChI=1S/C21H21N3O3/c1-23-12-6-9-18(23)20-22-16-8-5-4-7-15(16)21(25)24(20)17-11-10-14(26-2)13-19(17)27-3/h4-13,20,22H,1-3H3. The van der Waals surface area contributed by atoms with E-state index in [1.807, 2.05) is 66.3 Å². The number of amides is 1. The lowest BCUT2D eigenvalue weighted by Gasteiger charge is -2.38. The number of nitrogens with one attached hydrogen (secondary N) is 1. The lowest BCUT2D eigenvalue weighted by Crippen LogP contribution is -2.44. The number of anilines is 2. The summed E-state index contributed by atoms with van der Waals surface area (Å²) < 4.78 is 12.9. The summed E-state index contributed by atoms with van der Waals surface area (Å²) in [5.74, 6) is 1.16. The van der Waals surface area contributed by atoms with Crippen molar-refractivity contribution < 1.29 is 14.3 Å². The second-order valence-electron chi connectivity index (χ2n) is 6.35. The van der Waals surface area contributed by atoms with Crippen LogP contribution in [0.4, 0.5) is 11.4 Å². The van der Waals surface area contributed by atoms with E-state index in [0.29, 0.717) is 22.7 Å². The smallest absolute Gasteiger partial charge is 0.262 e. The maximum absolute atomic E-state index is 13.4. The molecule has 1 aromatic heterocycles. The molecule has 0 bridgehead atoms. The first kappa shape index (κ1) is 17.0. The van der Waals surface area contributed by atoms with Crippen LogP contribution < -0.4 is 19.7 Å². The topological polar surface area (TPSA) is 55.7 Å². The molecular weight excluding hydrogens is 342 g/mol. The van der Waals surface area contributed by atoms with Crippen molar-refractivity contribution in [3.8, 4) is 11.5 Å². The Labute approximate surface area is 157 Å². The van der Waals surface area contributed by atoms with Crippen LogP contribution in [-0.4, -0.2) is 24.7 Å². The van der Waals surface area contributed by atoms with E-state index in [9.17, 15) is 4.79 Å². The van der Waals surface area contributed by atoms with Crippen molar-refractivity contribution in [2.24, 2.45) is 7.05 Å². The number of ether oxygens (including phenoxy) is 2. The Kier molecular flexibility index (Phi) is 4.24. The highest BCUT2D eigenvalue weighted by Crippen LogP contribution is 2.41. The molecule has 0 fully saturated rings. The predicted octanol–water partition coefficient (Wildman–Crippen LogP) is 3.81. The minimum Gasteiger partial charge on any atom is -0.497 e. The Hall–Kier alpha value is -3.41. The Morgan fingerprint density at radius 1 is 1.00 bits per heavy atom. The molecule has 3 aromatic rings. The summed E-state index contributed by atoms with van der Waals surface area (Å²) in [6, 6.07) is 17.0. The van der Waals surface area contributed by atoms with Gasteiger partial charge in [-0.25, -0.2) is 0 Å². The number of methoxy groups -OCH3 is 2. The molecule has 6 nitrogen and oxygen atoms in total. The molecule has 0 saturated carbocycles. The molecule has 1 aliphatic heterocycles. The van der Waals surface area contributed by atoms with Gasteiger partial charge in [-0.3, -0.25) is 9.69 Å². The predicted molar refractivity (Wildman–Crippen MR) is 105 cm³/mol. The summed E-state index contributed by atoms with van der Waals surface area (Å²) >= 11 is 0. The van der Waals surface area contributed by atoms with Crippen molar-refractivity contribution in [1.82, 2.24) is 4.57 Å². The second kappa shape index (κ2) is 6.72. The second-order valence-corrected chi connectivity index (χ2v) is 6.35. The van der Waals surface area contributed by atoms with Gasteiger partial charge in [0.05, 0.1) is 31.2 Å². The molecule has 4 rings (SSSR count). The van der Waals surface area contributed by atoms with Crippen molar-refractivity contribution in [3.05, 3.63) is 72.1 Å². The number of fused-ring (bicyclic) bond motifs is 1. The van der Waals surface area contributed by atoms with Gasteiger partial charge in [-0.15, -0.1) is 0 Å². The fourth-order valence-electron chi connectivity index (χ4n) is 3.45. The van der Waals surface area contributed by atoms with E-state index in [4.69, 9.17) is 9.47 Å². The van der Waals surface area contributed by atoms with E-state index in [0.717, 1.165) is 11.4 Å². The number of aryl methyl sites for hydroxylation is 1. The third-order valence-corrected chi connectivity index (χ3v) is 4.84. The number of carbonyl (C=O) groups excluding carboxylic acids is 1. The van der Waals surface area contributed by atoms with Crippen molar-refractivity contribution in [2.75, 3.05) is 24.4 Å². The van der Waals surface area contributed by atoms with Crippen LogP contribution in [0.5, 0.6) is 11.5 Å². The Bertz CT molecular complexity index is 996. The number of benzene rings is 2. The van der Waals surface area contributed by atoms with E-state index in [2.05, 4.69) is 5.32 Å². The molecule has 2 aromatic carbocycles. The van der Waals surface area contributed by atoms with Crippen molar-refractivity contribution in [1.29, 1.82) is 0 Å². The molecule has 0 spiro atoms. The van der Waals surface area contributed by atoms with Crippen LogP contribution in [0.15, 0.2) is 60.8 Å². The third kappa shape index (κ3) is 2.79. The molecule has 1 unspecified atom stereocenters. The summed E-state index contributed by atoms with van der Waals surface area (Å²) in [5, 5.41) is 3.50. The SMILES string of the molecule is COc1ccc(N2C(=O)c3ccccc3NC2c2cccn2C)c(OC)c1. The molecule has 0 radical (unpaired) electrons. The number of nitrogens with zero attached hydrogens (tertiary/aromatic N) is 2. The first-order valence-corrected chi connectivity index (χ1v) is 8.66. The Balaban J connectivity index is 1.90. The van der Waals surface area contributed by atoms with Gasteiger partial charge in [0.2, 0.25) is 0 Å². The van der Waals surface area contributed by atoms with Gasteiger partial charge in [0.15, 0.2) is 0 Å². The maximum Gasteiger partial charge on any atom is 0.262 e. The van der Waals surface area contributed by atoms with Gasteiger partial charge in [-0.05, 0) is 36.4 Å². The highest BCUT2D eigenvalue weighted by molar-refractivity contribution is 6.12. The molecule has 0 saturated heterocycles. The molecule has 1 aliphatic rings. The third-order valence-electron chi connectivity index (χ3n) is 4.84.